The van der Waals surface area contributed by atoms with Crippen LogP contribution in [0.2, 0.25) is 0 Å². The molecule has 0 spiro atoms. The van der Waals surface area contributed by atoms with Gasteiger partial charge in [-0.1, -0.05) is 32.4 Å². The molecule has 1 amide bonds. The van der Waals surface area contributed by atoms with Crippen LogP contribution in [0, 0.1) is 19.8 Å². The molecule has 0 saturated carbocycles. The van der Waals surface area contributed by atoms with Gasteiger partial charge in [-0.15, -0.1) is 0 Å². The Kier molecular flexibility index (Phi) is 5.30. The molecule has 20 heavy (non-hydrogen) atoms. The van der Waals surface area contributed by atoms with Crippen LogP contribution in [0.1, 0.15) is 31.4 Å². The van der Waals surface area contributed by atoms with Crippen molar-refractivity contribution in [1.82, 2.24) is 4.72 Å². The first-order valence-electron chi connectivity index (χ1n) is 6.58. The van der Waals surface area contributed by atoms with E-state index < -0.39 is 22.0 Å². The topological polar surface area (TPSA) is 89.3 Å². The van der Waals surface area contributed by atoms with Gasteiger partial charge in [-0.3, -0.25) is 4.79 Å². The highest BCUT2D eigenvalue weighted by atomic mass is 32.2. The first-order chi connectivity index (χ1) is 9.19. The Morgan fingerprint density at radius 2 is 1.95 bits per heavy atom. The van der Waals surface area contributed by atoms with E-state index >= 15 is 0 Å². The zero-order valence-electron chi connectivity index (χ0n) is 12.3. The number of aryl methyl sites for hydroxylation is 2. The molecule has 1 aromatic carbocycles. The van der Waals surface area contributed by atoms with Crippen LogP contribution >= 0.6 is 0 Å². The maximum atomic E-state index is 12.4. The highest BCUT2D eigenvalue weighted by Gasteiger charge is 2.28. The number of nitrogens with two attached hydrogens (primary N) is 1. The lowest BCUT2D eigenvalue weighted by Gasteiger charge is -2.21. The standard InChI is InChI=1S/C14H22N2O3S/c1-5-10(3)13(14(15)17)16-20(18,19)12-8-9(2)6-7-11(12)4/h6-8,10,13,16H,5H2,1-4H3,(H2,15,17). The van der Waals surface area contributed by atoms with Crippen molar-refractivity contribution in [2.24, 2.45) is 11.7 Å². The number of benzene rings is 1. The van der Waals surface area contributed by atoms with E-state index in [1.165, 1.54) is 0 Å². The van der Waals surface area contributed by atoms with Crippen molar-refractivity contribution in [3.05, 3.63) is 29.3 Å². The van der Waals surface area contributed by atoms with Crippen LogP contribution in [0.15, 0.2) is 23.1 Å². The molecule has 0 radical (unpaired) electrons. The van der Waals surface area contributed by atoms with E-state index in [4.69, 9.17) is 5.73 Å². The Morgan fingerprint density at radius 3 is 2.45 bits per heavy atom. The summed E-state index contributed by atoms with van der Waals surface area (Å²) in [6, 6.07) is 4.28. The molecule has 1 aromatic rings. The predicted molar refractivity (Wildman–Crippen MR) is 78.7 cm³/mol. The molecule has 112 valence electrons. The van der Waals surface area contributed by atoms with E-state index in [9.17, 15) is 13.2 Å². The van der Waals surface area contributed by atoms with Crippen LogP contribution in [0.5, 0.6) is 0 Å². The molecule has 0 aliphatic heterocycles. The number of sulfonamides is 1. The summed E-state index contributed by atoms with van der Waals surface area (Å²) >= 11 is 0. The van der Waals surface area contributed by atoms with Gasteiger partial charge in [0, 0.05) is 0 Å². The fraction of sp³-hybridized carbons (Fsp3) is 0.500. The molecule has 0 aliphatic carbocycles. The number of nitrogens with one attached hydrogen (secondary N) is 1. The average molecular weight is 298 g/mol. The van der Waals surface area contributed by atoms with E-state index in [0.717, 1.165) is 5.56 Å². The predicted octanol–water partition coefficient (Wildman–Crippen LogP) is 1.48. The first-order valence-corrected chi connectivity index (χ1v) is 8.06. The molecule has 1 rings (SSSR count). The molecular formula is C14H22N2O3S. The highest BCUT2D eigenvalue weighted by molar-refractivity contribution is 7.89. The number of amides is 1. The van der Waals surface area contributed by atoms with E-state index in [2.05, 4.69) is 4.72 Å². The molecule has 3 N–H and O–H groups in total. The lowest BCUT2D eigenvalue weighted by Crippen LogP contribution is -2.48. The maximum Gasteiger partial charge on any atom is 0.241 e. The van der Waals surface area contributed by atoms with Gasteiger partial charge in [0.2, 0.25) is 15.9 Å². The third-order valence-electron chi connectivity index (χ3n) is 3.43. The second kappa shape index (κ2) is 6.37. The summed E-state index contributed by atoms with van der Waals surface area (Å²) in [7, 11) is -3.76. The molecule has 6 heteroatoms. The summed E-state index contributed by atoms with van der Waals surface area (Å²) in [6.07, 6.45) is 0.656. The van der Waals surface area contributed by atoms with Gasteiger partial charge in [-0.2, -0.15) is 4.72 Å². The fourth-order valence-electron chi connectivity index (χ4n) is 1.92. The molecule has 0 aromatic heterocycles. The third kappa shape index (κ3) is 3.80. The van der Waals surface area contributed by atoms with Crippen molar-refractivity contribution in [2.45, 2.75) is 45.1 Å². The molecule has 5 nitrogen and oxygen atoms in total. The van der Waals surface area contributed by atoms with Crippen LogP contribution in [0.25, 0.3) is 0 Å². The van der Waals surface area contributed by atoms with E-state index in [1.54, 1.807) is 26.0 Å². The van der Waals surface area contributed by atoms with Crippen LogP contribution in [-0.4, -0.2) is 20.4 Å². The van der Waals surface area contributed by atoms with Crippen molar-refractivity contribution >= 4 is 15.9 Å². The van der Waals surface area contributed by atoms with Gasteiger partial charge in [0.1, 0.15) is 6.04 Å². The van der Waals surface area contributed by atoms with Crippen molar-refractivity contribution in [2.75, 3.05) is 0 Å². The fourth-order valence-corrected chi connectivity index (χ4v) is 3.56. The normalized spacial score (nSPS) is 14.8. The summed E-state index contributed by atoms with van der Waals surface area (Å²) in [5.74, 6) is -0.819. The number of carbonyl (C=O) groups is 1. The SMILES string of the molecule is CCC(C)C(NS(=O)(=O)c1cc(C)ccc1C)C(N)=O. The molecule has 0 fully saturated rings. The minimum Gasteiger partial charge on any atom is -0.368 e. The largest absolute Gasteiger partial charge is 0.368 e. The van der Waals surface area contributed by atoms with Gasteiger partial charge in [-0.25, -0.2) is 8.42 Å². The molecular weight excluding hydrogens is 276 g/mol. The van der Waals surface area contributed by atoms with Crippen LogP contribution in [-0.2, 0) is 14.8 Å². The summed E-state index contributed by atoms with van der Waals surface area (Å²) in [4.78, 5) is 11.6. The Morgan fingerprint density at radius 1 is 1.35 bits per heavy atom. The van der Waals surface area contributed by atoms with Crippen molar-refractivity contribution in [1.29, 1.82) is 0 Å². The zero-order chi connectivity index (χ0) is 15.5. The molecule has 0 bridgehead atoms. The second-order valence-corrected chi connectivity index (χ2v) is 6.84. The van der Waals surface area contributed by atoms with Crippen molar-refractivity contribution < 1.29 is 13.2 Å². The monoisotopic (exact) mass is 298 g/mol. The number of carbonyl (C=O) groups excluding carboxylic acids is 1. The molecule has 0 heterocycles. The van der Waals surface area contributed by atoms with E-state index in [0.29, 0.717) is 12.0 Å². The number of hydrogen-bond acceptors (Lipinski definition) is 3. The first kappa shape index (κ1) is 16.7. The molecule has 0 aliphatic rings. The van der Waals surface area contributed by atoms with Gasteiger partial charge in [0.05, 0.1) is 4.90 Å². The molecule has 0 saturated heterocycles. The summed E-state index contributed by atoms with van der Waals surface area (Å²) in [5.41, 5.74) is 6.78. The number of hydrogen-bond donors (Lipinski definition) is 2. The minimum atomic E-state index is -3.76. The Bertz CT molecular complexity index is 596. The van der Waals surface area contributed by atoms with E-state index in [-0.39, 0.29) is 10.8 Å². The summed E-state index contributed by atoms with van der Waals surface area (Å²) in [6.45, 7) is 7.21. The Labute approximate surface area is 120 Å². The van der Waals surface area contributed by atoms with E-state index in [1.807, 2.05) is 19.9 Å². The van der Waals surface area contributed by atoms with Crippen molar-refractivity contribution in [3.8, 4) is 0 Å². The van der Waals surface area contributed by atoms with Gasteiger partial charge in [0.25, 0.3) is 0 Å². The third-order valence-corrected chi connectivity index (χ3v) is 5.02. The Balaban J connectivity index is 3.16. The smallest absolute Gasteiger partial charge is 0.241 e. The Hall–Kier alpha value is -1.40. The van der Waals surface area contributed by atoms with Crippen molar-refractivity contribution in [3.63, 3.8) is 0 Å². The average Bonchev–Trinajstić information content (AvgIpc) is 2.37. The molecule has 2 atom stereocenters. The minimum absolute atomic E-state index is 0.160. The highest BCUT2D eigenvalue weighted by Crippen LogP contribution is 2.18. The molecule has 2 unspecified atom stereocenters. The second-order valence-electron chi connectivity index (χ2n) is 5.16. The zero-order valence-corrected chi connectivity index (χ0v) is 13.1. The lowest BCUT2D eigenvalue weighted by atomic mass is 10.00. The van der Waals surface area contributed by atoms with Gasteiger partial charge in [0.15, 0.2) is 0 Å². The number of rotatable bonds is 6. The van der Waals surface area contributed by atoms with Gasteiger partial charge < -0.3 is 5.73 Å². The maximum absolute atomic E-state index is 12.4. The summed E-state index contributed by atoms with van der Waals surface area (Å²) < 4.78 is 27.3. The lowest BCUT2D eigenvalue weighted by molar-refractivity contribution is -0.120. The number of primary amides is 1. The quantitative estimate of drug-likeness (QED) is 0.833. The van der Waals surface area contributed by atoms with Crippen LogP contribution < -0.4 is 10.5 Å². The van der Waals surface area contributed by atoms with Crippen LogP contribution in [0.4, 0.5) is 0 Å². The van der Waals surface area contributed by atoms with Gasteiger partial charge >= 0.3 is 0 Å². The summed E-state index contributed by atoms with van der Waals surface area (Å²) in [5, 5.41) is 0. The van der Waals surface area contributed by atoms with Crippen LogP contribution in [0.3, 0.4) is 0 Å². The van der Waals surface area contributed by atoms with Gasteiger partial charge in [-0.05, 0) is 37.0 Å².